The van der Waals surface area contributed by atoms with E-state index in [4.69, 9.17) is 4.74 Å². The standard InChI is InChI=1S/C11H23NO/c1-5-7-10(3)11(4)12(6-2)8-9-13-11/h10H,5-9H2,1-4H3. The minimum atomic E-state index is 0.00472. The van der Waals surface area contributed by atoms with Crippen LogP contribution in [-0.4, -0.2) is 30.3 Å². The number of hydrogen-bond acceptors (Lipinski definition) is 2. The normalized spacial score (nSPS) is 32.3. The Kier molecular flexibility index (Phi) is 3.74. The van der Waals surface area contributed by atoms with Crippen molar-refractivity contribution in [2.45, 2.75) is 46.3 Å². The summed E-state index contributed by atoms with van der Waals surface area (Å²) in [5.41, 5.74) is 0.00472. The van der Waals surface area contributed by atoms with Crippen molar-refractivity contribution in [1.29, 1.82) is 0 Å². The van der Waals surface area contributed by atoms with E-state index < -0.39 is 0 Å². The average molecular weight is 185 g/mol. The second-order valence-electron chi connectivity index (χ2n) is 4.17. The highest BCUT2D eigenvalue weighted by Crippen LogP contribution is 2.32. The summed E-state index contributed by atoms with van der Waals surface area (Å²) in [6.07, 6.45) is 2.50. The van der Waals surface area contributed by atoms with Gasteiger partial charge in [0.05, 0.1) is 6.61 Å². The quantitative estimate of drug-likeness (QED) is 0.667. The first-order chi connectivity index (χ1) is 6.15. The van der Waals surface area contributed by atoms with Crippen LogP contribution in [0.3, 0.4) is 0 Å². The Labute approximate surface area is 82.3 Å². The Morgan fingerprint density at radius 1 is 1.46 bits per heavy atom. The van der Waals surface area contributed by atoms with Crippen LogP contribution in [0.2, 0.25) is 0 Å². The molecule has 0 amide bonds. The molecule has 1 rings (SSSR count). The molecule has 2 heteroatoms. The average Bonchev–Trinajstić information content (AvgIpc) is 2.48. The molecule has 2 nitrogen and oxygen atoms in total. The predicted molar refractivity (Wildman–Crippen MR) is 55.7 cm³/mol. The Balaban J connectivity index is 2.61. The second-order valence-corrected chi connectivity index (χ2v) is 4.17. The number of likely N-dealkylation sites (N-methyl/N-ethyl adjacent to an activating group) is 1. The minimum Gasteiger partial charge on any atom is -0.359 e. The van der Waals surface area contributed by atoms with Gasteiger partial charge in [0.25, 0.3) is 0 Å². The largest absolute Gasteiger partial charge is 0.359 e. The van der Waals surface area contributed by atoms with Crippen LogP contribution in [0.25, 0.3) is 0 Å². The molecule has 0 spiro atoms. The maximum absolute atomic E-state index is 5.88. The summed E-state index contributed by atoms with van der Waals surface area (Å²) in [5, 5.41) is 0. The van der Waals surface area contributed by atoms with Gasteiger partial charge in [0.2, 0.25) is 0 Å². The van der Waals surface area contributed by atoms with Gasteiger partial charge in [-0.25, -0.2) is 0 Å². The van der Waals surface area contributed by atoms with Crippen LogP contribution in [0.1, 0.15) is 40.5 Å². The zero-order chi connectivity index (χ0) is 9.90. The summed E-state index contributed by atoms with van der Waals surface area (Å²) in [6.45, 7) is 12.1. The fourth-order valence-corrected chi connectivity index (χ4v) is 2.30. The van der Waals surface area contributed by atoms with Gasteiger partial charge >= 0.3 is 0 Å². The minimum absolute atomic E-state index is 0.00472. The number of ether oxygens (including phenoxy) is 1. The van der Waals surface area contributed by atoms with E-state index in [-0.39, 0.29) is 5.72 Å². The number of nitrogens with zero attached hydrogens (tertiary/aromatic N) is 1. The molecule has 0 aliphatic carbocycles. The topological polar surface area (TPSA) is 12.5 Å². The highest BCUT2D eigenvalue weighted by Gasteiger charge is 2.40. The molecule has 0 radical (unpaired) electrons. The number of rotatable bonds is 4. The molecule has 1 saturated heterocycles. The van der Waals surface area contributed by atoms with Gasteiger partial charge in [-0.15, -0.1) is 0 Å². The predicted octanol–water partition coefficient (Wildman–Crippen LogP) is 2.49. The lowest BCUT2D eigenvalue weighted by atomic mass is 9.93. The van der Waals surface area contributed by atoms with Crippen molar-refractivity contribution in [2.75, 3.05) is 19.7 Å². The highest BCUT2D eigenvalue weighted by molar-refractivity contribution is 4.85. The monoisotopic (exact) mass is 185 g/mol. The molecule has 78 valence electrons. The van der Waals surface area contributed by atoms with Crippen LogP contribution in [0.5, 0.6) is 0 Å². The molecule has 0 aromatic heterocycles. The molecule has 0 N–H and O–H groups in total. The van der Waals surface area contributed by atoms with Crippen LogP contribution < -0.4 is 0 Å². The fraction of sp³-hybridized carbons (Fsp3) is 1.00. The SMILES string of the molecule is CCCC(C)C1(C)OCCN1CC. The summed E-state index contributed by atoms with van der Waals surface area (Å²) < 4.78 is 5.88. The molecule has 0 aromatic rings. The molecular formula is C11H23NO. The molecule has 13 heavy (non-hydrogen) atoms. The van der Waals surface area contributed by atoms with Crippen molar-refractivity contribution in [3.63, 3.8) is 0 Å². The van der Waals surface area contributed by atoms with Gasteiger partial charge < -0.3 is 4.74 Å². The molecule has 2 unspecified atom stereocenters. The zero-order valence-corrected chi connectivity index (χ0v) is 9.47. The highest BCUT2D eigenvalue weighted by atomic mass is 16.5. The lowest BCUT2D eigenvalue weighted by molar-refractivity contribution is -0.106. The van der Waals surface area contributed by atoms with E-state index in [1.807, 2.05) is 0 Å². The molecule has 2 atom stereocenters. The molecular weight excluding hydrogens is 162 g/mol. The molecule has 0 bridgehead atoms. The van der Waals surface area contributed by atoms with Gasteiger partial charge in [0, 0.05) is 6.54 Å². The van der Waals surface area contributed by atoms with E-state index in [0.29, 0.717) is 5.92 Å². The van der Waals surface area contributed by atoms with Crippen molar-refractivity contribution in [1.82, 2.24) is 4.90 Å². The molecule has 1 aliphatic rings. The molecule has 0 aromatic carbocycles. The molecule has 1 aliphatic heterocycles. The Morgan fingerprint density at radius 3 is 2.69 bits per heavy atom. The van der Waals surface area contributed by atoms with E-state index in [1.54, 1.807) is 0 Å². The van der Waals surface area contributed by atoms with Gasteiger partial charge in [-0.3, -0.25) is 4.90 Å². The maximum atomic E-state index is 5.88. The van der Waals surface area contributed by atoms with Gasteiger partial charge in [0.15, 0.2) is 0 Å². The van der Waals surface area contributed by atoms with Crippen molar-refractivity contribution in [3.8, 4) is 0 Å². The lowest BCUT2D eigenvalue weighted by Crippen LogP contribution is -2.47. The van der Waals surface area contributed by atoms with Crippen molar-refractivity contribution < 1.29 is 4.74 Å². The van der Waals surface area contributed by atoms with Crippen molar-refractivity contribution in [3.05, 3.63) is 0 Å². The molecule has 1 fully saturated rings. The van der Waals surface area contributed by atoms with Crippen LogP contribution >= 0.6 is 0 Å². The first-order valence-electron chi connectivity index (χ1n) is 5.54. The van der Waals surface area contributed by atoms with Crippen LogP contribution in [0.15, 0.2) is 0 Å². The Bertz CT molecular complexity index is 160. The Hall–Kier alpha value is -0.0800. The second kappa shape index (κ2) is 4.43. The van der Waals surface area contributed by atoms with E-state index in [1.165, 1.54) is 12.8 Å². The smallest absolute Gasteiger partial charge is 0.121 e. The summed E-state index contributed by atoms with van der Waals surface area (Å²) in [5.74, 6) is 0.639. The third-order valence-corrected chi connectivity index (χ3v) is 3.40. The lowest BCUT2D eigenvalue weighted by Gasteiger charge is -2.38. The summed E-state index contributed by atoms with van der Waals surface area (Å²) in [6, 6.07) is 0. The zero-order valence-electron chi connectivity index (χ0n) is 9.47. The maximum Gasteiger partial charge on any atom is 0.121 e. The van der Waals surface area contributed by atoms with Gasteiger partial charge in [-0.1, -0.05) is 27.2 Å². The van der Waals surface area contributed by atoms with Gasteiger partial charge in [0.1, 0.15) is 5.72 Å². The van der Waals surface area contributed by atoms with E-state index >= 15 is 0 Å². The van der Waals surface area contributed by atoms with Gasteiger partial charge in [-0.05, 0) is 25.8 Å². The fourth-order valence-electron chi connectivity index (χ4n) is 2.30. The summed E-state index contributed by atoms with van der Waals surface area (Å²) in [4.78, 5) is 2.45. The first kappa shape index (κ1) is 11.0. The van der Waals surface area contributed by atoms with Crippen molar-refractivity contribution >= 4 is 0 Å². The Morgan fingerprint density at radius 2 is 2.15 bits per heavy atom. The van der Waals surface area contributed by atoms with E-state index in [0.717, 1.165) is 19.7 Å². The van der Waals surface area contributed by atoms with Gasteiger partial charge in [-0.2, -0.15) is 0 Å². The number of hydrogen-bond donors (Lipinski definition) is 0. The van der Waals surface area contributed by atoms with Crippen LogP contribution in [0, 0.1) is 5.92 Å². The summed E-state index contributed by atoms with van der Waals surface area (Å²) >= 11 is 0. The van der Waals surface area contributed by atoms with E-state index in [2.05, 4.69) is 32.6 Å². The third kappa shape index (κ3) is 2.05. The molecule has 1 heterocycles. The first-order valence-corrected chi connectivity index (χ1v) is 5.54. The van der Waals surface area contributed by atoms with Crippen LogP contribution in [0.4, 0.5) is 0 Å². The van der Waals surface area contributed by atoms with Crippen LogP contribution in [-0.2, 0) is 4.74 Å². The van der Waals surface area contributed by atoms with Crippen molar-refractivity contribution in [2.24, 2.45) is 5.92 Å². The van der Waals surface area contributed by atoms with E-state index in [9.17, 15) is 0 Å². The summed E-state index contributed by atoms with van der Waals surface area (Å²) in [7, 11) is 0. The third-order valence-electron chi connectivity index (χ3n) is 3.40. The molecule has 0 saturated carbocycles.